The van der Waals surface area contributed by atoms with Crippen LogP contribution in [0.1, 0.15) is 6.92 Å². The Balaban J connectivity index is 2.47. The molecule has 1 aromatic carbocycles. The highest BCUT2D eigenvalue weighted by Gasteiger charge is 1.89. The van der Waals surface area contributed by atoms with Crippen LogP contribution in [0, 0.1) is 0 Å². The smallest absolute Gasteiger partial charge is 0.119 e. The van der Waals surface area contributed by atoms with E-state index >= 15 is 0 Å². The lowest BCUT2D eigenvalue weighted by molar-refractivity contribution is 0.362. The van der Waals surface area contributed by atoms with E-state index in [9.17, 15) is 0 Å². The highest BCUT2D eigenvalue weighted by atomic mass is 79.9. The Kier molecular flexibility index (Phi) is 3.88. The zero-order valence-electron chi connectivity index (χ0n) is 6.96. The minimum atomic E-state index is 0.637. The predicted molar refractivity (Wildman–Crippen MR) is 54.5 cm³/mol. The molecule has 1 nitrogen and oxygen atoms in total. The Morgan fingerprint density at radius 2 is 2.00 bits per heavy atom. The van der Waals surface area contributed by atoms with Crippen LogP contribution < -0.4 is 4.74 Å². The first-order valence-corrected chi connectivity index (χ1v) is 4.62. The van der Waals surface area contributed by atoms with Crippen LogP contribution >= 0.6 is 15.9 Å². The molecule has 0 aliphatic heterocycles. The zero-order valence-corrected chi connectivity index (χ0v) is 8.54. The van der Waals surface area contributed by atoms with Crippen molar-refractivity contribution in [1.29, 1.82) is 0 Å². The van der Waals surface area contributed by atoms with Gasteiger partial charge in [-0.2, -0.15) is 0 Å². The van der Waals surface area contributed by atoms with E-state index in [-0.39, 0.29) is 0 Å². The fraction of sp³-hybridized carbons (Fsp3) is 0.200. The summed E-state index contributed by atoms with van der Waals surface area (Å²) in [6, 6.07) is 7.80. The Morgan fingerprint density at radius 3 is 2.58 bits per heavy atom. The first-order chi connectivity index (χ1) is 5.83. The van der Waals surface area contributed by atoms with Gasteiger partial charge in [-0.1, -0.05) is 28.1 Å². The molecular formula is C10H11BrO. The largest absolute Gasteiger partial charge is 0.490 e. The van der Waals surface area contributed by atoms with Gasteiger partial charge in [-0.3, -0.25) is 0 Å². The van der Waals surface area contributed by atoms with Crippen LogP contribution in [0.4, 0.5) is 0 Å². The Labute approximate surface area is 81.2 Å². The van der Waals surface area contributed by atoms with Gasteiger partial charge in [0, 0.05) is 4.47 Å². The summed E-state index contributed by atoms with van der Waals surface area (Å²) in [7, 11) is 0. The minimum Gasteiger partial charge on any atom is -0.490 e. The average Bonchev–Trinajstić information content (AvgIpc) is 2.09. The number of hydrogen-bond donors (Lipinski definition) is 0. The second kappa shape index (κ2) is 4.99. The molecular weight excluding hydrogens is 216 g/mol. The SMILES string of the molecule is C/C=C\COc1ccc(Br)cc1. The summed E-state index contributed by atoms with van der Waals surface area (Å²) < 4.78 is 6.46. The van der Waals surface area contributed by atoms with Gasteiger partial charge in [-0.25, -0.2) is 0 Å². The van der Waals surface area contributed by atoms with Gasteiger partial charge < -0.3 is 4.74 Å². The summed E-state index contributed by atoms with van der Waals surface area (Å²) >= 11 is 3.36. The van der Waals surface area contributed by atoms with Crippen molar-refractivity contribution in [2.24, 2.45) is 0 Å². The number of halogens is 1. The molecule has 0 N–H and O–H groups in total. The lowest BCUT2D eigenvalue weighted by Crippen LogP contribution is -1.92. The molecule has 0 aliphatic carbocycles. The Morgan fingerprint density at radius 1 is 1.33 bits per heavy atom. The molecule has 2 heteroatoms. The summed E-state index contributed by atoms with van der Waals surface area (Å²) in [6.07, 6.45) is 3.95. The first kappa shape index (κ1) is 9.33. The van der Waals surface area contributed by atoms with Crippen molar-refractivity contribution in [1.82, 2.24) is 0 Å². The first-order valence-electron chi connectivity index (χ1n) is 3.82. The molecule has 12 heavy (non-hydrogen) atoms. The highest BCUT2D eigenvalue weighted by molar-refractivity contribution is 9.10. The standard InChI is InChI=1S/C10H11BrO/c1-2-3-8-12-10-6-4-9(11)5-7-10/h2-7H,8H2,1H3/b3-2-. The van der Waals surface area contributed by atoms with Gasteiger partial charge in [0.2, 0.25) is 0 Å². The van der Waals surface area contributed by atoms with Crippen molar-refractivity contribution in [3.63, 3.8) is 0 Å². The van der Waals surface area contributed by atoms with Gasteiger partial charge in [-0.05, 0) is 31.2 Å². The highest BCUT2D eigenvalue weighted by Crippen LogP contribution is 2.15. The normalized spacial score (nSPS) is 10.5. The minimum absolute atomic E-state index is 0.637. The second-order valence-corrected chi connectivity index (χ2v) is 3.25. The molecule has 0 unspecified atom stereocenters. The topological polar surface area (TPSA) is 9.23 Å². The lowest BCUT2D eigenvalue weighted by Gasteiger charge is -2.01. The zero-order chi connectivity index (χ0) is 8.81. The van der Waals surface area contributed by atoms with E-state index in [4.69, 9.17) is 4.74 Å². The molecule has 64 valence electrons. The van der Waals surface area contributed by atoms with Crippen molar-refractivity contribution in [2.75, 3.05) is 6.61 Å². The van der Waals surface area contributed by atoms with E-state index in [1.54, 1.807) is 0 Å². The molecule has 0 aliphatic rings. The number of allylic oxidation sites excluding steroid dienone is 1. The summed E-state index contributed by atoms with van der Waals surface area (Å²) in [6.45, 7) is 2.61. The van der Waals surface area contributed by atoms with Crippen LogP contribution in [0.15, 0.2) is 40.9 Å². The van der Waals surface area contributed by atoms with Crippen LogP contribution in [-0.4, -0.2) is 6.61 Å². The third-order valence-electron chi connectivity index (χ3n) is 1.40. The molecule has 0 heterocycles. The van der Waals surface area contributed by atoms with E-state index in [0.29, 0.717) is 6.61 Å². The third kappa shape index (κ3) is 3.09. The predicted octanol–water partition coefficient (Wildman–Crippen LogP) is 3.40. The lowest BCUT2D eigenvalue weighted by atomic mass is 10.3. The van der Waals surface area contributed by atoms with Gasteiger partial charge in [0.15, 0.2) is 0 Å². The molecule has 0 spiro atoms. The Bertz CT molecular complexity index is 251. The molecule has 0 amide bonds. The quantitative estimate of drug-likeness (QED) is 0.719. The maximum atomic E-state index is 5.39. The number of ether oxygens (including phenoxy) is 1. The maximum Gasteiger partial charge on any atom is 0.119 e. The molecule has 1 aromatic rings. The summed E-state index contributed by atoms with van der Waals surface area (Å²) in [5, 5.41) is 0. The van der Waals surface area contributed by atoms with E-state index in [1.165, 1.54) is 0 Å². The van der Waals surface area contributed by atoms with Crippen LogP contribution in [0.5, 0.6) is 5.75 Å². The molecule has 0 aromatic heterocycles. The monoisotopic (exact) mass is 226 g/mol. The molecule has 0 radical (unpaired) electrons. The van der Waals surface area contributed by atoms with Gasteiger partial charge in [0.25, 0.3) is 0 Å². The molecule has 0 fully saturated rings. The summed E-state index contributed by atoms with van der Waals surface area (Å²) in [5.74, 6) is 0.899. The fourth-order valence-electron chi connectivity index (χ4n) is 0.771. The van der Waals surface area contributed by atoms with Crippen molar-refractivity contribution in [3.05, 3.63) is 40.9 Å². The van der Waals surface area contributed by atoms with E-state index in [0.717, 1.165) is 10.2 Å². The van der Waals surface area contributed by atoms with Crippen molar-refractivity contribution in [2.45, 2.75) is 6.92 Å². The van der Waals surface area contributed by atoms with Crippen molar-refractivity contribution >= 4 is 15.9 Å². The number of hydrogen-bond acceptors (Lipinski definition) is 1. The average molecular weight is 227 g/mol. The fourth-order valence-corrected chi connectivity index (χ4v) is 1.04. The molecule has 1 rings (SSSR count). The van der Waals surface area contributed by atoms with Crippen molar-refractivity contribution in [3.8, 4) is 5.75 Å². The van der Waals surface area contributed by atoms with Crippen LogP contribution in [-0.2, 0) is 0 Å². The van der Waals surface area contributed by atoms with Crippen LogP contribution in [0.2, 0.25) is 0 Å². The van der Waals surface area contributed by atoms with Gasteiger partial charge in [-0.15, -0.1) is 0 Å². The number of rotatable bonds is 3. The van der Waals surface area contributed by atoms with E-state index in [1.807, 2.05) is 43.3 Å². The maximum absolute atomic E-state index is 5.39. The van der Waals surface area contributed by atoms with Gasteiger partial charge in [0.1, 0.15) is 12.4 Å². The molecule has 0 saturated carbocycles. The van der Waals surface area contributed by atoms with Crippen LogP contribution in [0.25, 0.3) is 0 Å². The van der Waals surface area contributed by atoms with Gasteiger partial charge >= 0.3 is 0 Å². The summed E-state index contributed by atoms with van der Waals surface area (Å²) in [4.78, 5) is 0. The Hall–Kier alpha value is -0.760. The molecule has 0 bridgehead atoms. The van der Waals surface area contributed by atoms with E-state index < -0.39 is 0 Å². The third-order valence-corrected chi connectivity index (χ3v) is 1.92. The molecule has 0 atom stereocenters. The number of benzene rings is 1. The van der Waals surface area contributed by atoms with Gasteiger partial charge in [0.05, 0.1) is 0 Å². The summed E-state index contributed by atoms with van der Waals surface area (Å²) in [5.41, 5.74) is 0. The van der Waals surface area contributed by atoms with E-state index in [2.05, 4.69) is 15.9 Å². The van der Waals surface area contributed by atoms with Crippen molar-refractivity contribution < 1.29 is 4.74 Å². The second-order valence-electron chi connectivity index (χ2n) is 2.33. The van der Waals surface area contributed by atoms with Crippen LogP contribution in [0.3, 0.4) is 0 Å². The molecule has 0 saturated heterocycles.